The molecule has 2 heterocycles. The van der Waals surface area contributed by atoms with Crippen molar-refractivity contribution in [2.45, 2.75) is 84.3 Å². The minimum absolute atomic E-state index is 0.120. The van der Waals surface area contributed by atoms with Crippen LogP contribution in [0.1, 0.15) is 40.2 Å². The van der Waals surface area contributed by atoms with Crippen molar-refractivity contribution in [3.8, 4) is 0 Å². The van der Waals surface area contributed by atoms with Gasteiger partial charge < -0.3 is 28.8 Å². The van der Waals surface area contributed by atoms with E-state index in [1.54, 1.807) is 0 Å². The van der Waals surface area contributed by atoms with Crippen LogP contribution in [-0.2, 0) is 35.1 Å². The van der Waals surface area contributed by atoms with Crippen molar-refractivity contribution in [2.24, 2.45) is 22.9 Å². The van der Waals surface area contributed by atoms with E-state index in [0.29, 0.717) is 6.61 Å². The number of aliphatic hydroxyl groups is 1. The summed E-state index contributed by atoms with van der Waals surface area (Å²) < 4.78 is 29.9. The second kappa shape index (κ2) is 12.0. The first-order valence-corrected chi connectivity index (χ1v) is 11.7. The first kappa shape index (κ1) is 26.4. The summed E-state index contributed by atoms with van der Waals surface area (Å²) in [6, 6.07) is 9.15. The molecule has 3 rings (SSSR count). The number of benzene rings is 1. The molecule has 0 radical (unpaired) electrons. The molecule has 0 aliphatic carbocycles. The lowest BCUT2D eigenvalue weighted by molar-refractivity contribution is -0.321. The highest BCUT2D eigenvalue weighted by atomic mass is 16.7. The maximum Gasteiger partial charge on any atom is 0.304 e. The molecular formula is C24H35N3O7. The van der Waals surface area contributed by atoms with E-state index in [-0.39, 0.29) is 30.7 Å². The van der Waals surface area contributed by atoms with E-state index in [2.05, 4.69) is 16.9 Å². The molecule has 10 nitrogen and oxygen atoms in total. The number of carbonyl (C=O) groups excluding carboxylic acids is 1. The Labute approximate surface area is 200 Å². The van der Waals surface area contributed by atoms with Crippen molar-refractivity contribution in [3.63, 3.8) is 0 Å². The Hall–Kier alpha value is -2.20. The van der Waals surface area contributed by atoms with Crippen molar-refractivity contribution in [1.29, 1.82) is 0 Å². The average molecular weight is 478 g/mol. The lowest BCUT2D eigenvalue weighted by Crippen LogP contribution is -2.59. The molecule has 4 unspecified atom stereocenters. The maximum absolute atomic E-state index is 11.5. The van der Waals surface area contributed by atoms with Gasteiger partial charge in [0.05, 0.1) is 31.5 Å². The molecule has 0 amide bonds. The highest BCUT2D eigenvalue weighted by Gasteiger charge is 2.49. The molecule has 0 bridgehead atoms. The average Bonchev–Trinajstić information content (AvgIpc) is 2.81. The number of nitrogens with zero attached hydrogens (tertiary/aromatic N) is 3. The zero-order valence-electron chi connectivity index (χ0n) is 20.3. The second-order valence-corrected chi connectivity index (χ2v) is 9.18. The molecule has 1 N–H and O–H groups in total. The van der Waals surface area contributed by atoms with Crippen molar-refractivity contribution in [2.75, 3.05) is 6.61 Å². The second-order valence-electron chi connectivity index (χ2n) is 9.18. The third-order valence-electron chi connectivity index (χ3n) is 6.79. The number of aliphatic hydroxyl groups excluding tert-OH is 1. The summed E-state index contributed by atoms with van der Waals surface area (Å²) in [5.41, 5.74) is 10.1. The van der Waals surface area contributed by atoms with Gasteiger partial charge in [0.15, 0.2) is 6.29 Å². The highest BCUT2D eigenvalue weighted by Crippen LogP contribution is 2.38. The number of carbonyl (C=O) groups is 1. The molecule has 0 aromatic heterocycles. The molecule has 188 valence electrons. The molecule has 2 aliphatic heterocycles. The fourth-order valence-corrected chi connectivity index (χ4v) is 4.69. The van der Waals surface area contributed by atoms with Crippen molar-refractivity contribution >= 4 is 5.97 Å². The van der Waals surface area contributed by atoms with E-state index in [9.17, 15) is 9.90 Å². The minimum Gasteiger partial charge on any atom is -0.435 e. The predicted octanol–water partition coefficient (Wildman–Crippen LogP) is 3.57. The van der Waals surface area contributed by atoms with Gasteiger partial charge in [-0.2, -0.15) is 0 Å². The highest BCUT2D eigenvalue weighted by molar-refractivity contribution is 5.66. The van der Waals surface area contributed by atoms with Crippen molar-refractivity contribution < 1.29 is 33.6 Å². The van der Waals surface area contributed by atoms with Gasteiger partial charge in [0.2, 0.25) is 6.29 Å². The number of hydrogen-bond acceptors (Lipinski definition) is 8. The Balaban J connectivity index is 1.75. The SMILES string of the molecule is CC(=O)O[C@@H]1OC(CO)[C@@H](O[C@@H]2OC(C)[C@@H](C)[C@@H](OCc3ccccc3)C2C)[C@H](C)C1N=[N+]=[N-]. The number of ether oxygens (including phenoxy) is 5. The quantitative estimate of drug-likeness (QED) is 0.262. The topological polar surface area (TPSA) is 132 Å². The zero-order chi connectivity index (χ0) is 24.8. The summed E-state index contributed by atoms with van der Waals surface area (Å²) in [7, 11) is 0. The van der Waals surface area contributed by atoms with Gasteiger partial charge in [0, 0.05) is 23.7 Å². The normalized spacial score (nSPS) is 38.1. The van der Waals surface area contributed by atoms with E-state index in [1.807, 2.05) is 51.1 Å². The van der Waals surface area contributed by atoms with Gasteiger partial charge in [-0.05, 0) is 23.9 Å². The Morgan fingerprint density at radius 3 is 2.38 bits per heavy atom. The zero-order valence-corrected chi connectivity index (χ0v) is 20.3. The fraction of sp³-hybridized carbons (Fsp3) is 0.708. The number of esters is 1. The van der Waals surface area contributed by atoms with Crippen LogP contribution in [0.25, 0.3) is 10.4 Å². The van der Waals surface area contributed by atoms with Crippen LogP contribution in [0.5, 0.6) is 0 Å². The molecule has 2 aliphatic rings. The third kappa shape index (κ3) is 6.07. The predicted molar refractivity (Wildman–Crippen MR) is 122 cm³/mol. The summed E-state index contributed by atoms with van der Waals surface area (Å²) in [5, 5.41) is 13.8. The summed E-state index contributed by atoms with van der Waals surface area (Å²) in [6.45, 7) is 9.26. The van der Waals surface area contributed by atoms with Gasteiger partial charge in [-0.25, -0.2) is 0 Å². The summed E-state index contributed by atoms with van der Waals surface area (Å²) >= 11 is 0. The molecule has 0 spiro atoms. The van der Waals surface area contributed by atoms with Gasteiger partial charge in [-0.15, -0.1) is 0 Å². The van der Waals surface area contributed by atoms with Crippen molar-refractivity contribution in [3.05, 3.63) is 46.3 Å². The number of rotatable bonds is 8. The van der Waals surface area contributed by atoms with Crippen LogP contribution < -0.4 is 0 Å². The Morgan fingerprint density at radius 2 is 1.76 bits per heavy atom. The lowest BCUT2D eigenvalue weighted by Gasteiger charge is -2.48. The van der Waals surface area contributed by atoms with Gasteiger partial charge in [0.1, 0.15) is 12.1 Å². The van der Waals surface area contributed by atoms with E-state index >= 15 is 0 Å². The van der Waals surface area contributed by atoms with Gasteiger partial charge in [-0.3, -0.25) is 4.79 Å². The monoisotopic (exact) mass is 477 g/mol. The Kier molecular flexibility index (Phi) is 9.30. The number of hydrogen-bond donors (Lipinski definition) is 1. The van der Waals surface area contributed by atoms with E-state index < -0.39 is 42.7 Å². The van der Waals surface area contributed by atoms with Crippen LogP contribution in [0.4, 0.5) is 0 Å². The largest absolute Gasteiger partial charge is 0.435 e. The van der Waals surface area contributed by atoms with Crippen LogP contribution in [0.15, 0.2) is 35.4 Å². The Morgan fingerprint density at radius 1 is 1.06 bits per heavy atom. The van der Waals surface area contributed by atoms with Gasteiger partial charge in [-0.1, -0.05) is 56.2 Å². The fourth-order valence-electron chi connectivity index (χ4n) is 4.69. The molecule has 34 heavy (non-hydrogen) atoms. The number of azide groups is 1. The molecule has 1 aromatic rings. The van der Waals surface area contributed by atoms with Crippen LogP contribution in [0.3, 0.4) is 0 Å². The maximum atomic E-state index is 11.5. The molecule has 2 fully saturated rings. The molecular weight excluding hydrogens is 442 g/mol. The third-order valence-corrected chi connectivity index (χ3v) is 6.79. The van der Waals surface area contributed by atoms with E-state index in [1.165, 1.54) is 6.92 Å². The molecule has 10 atom stereocenters. The van der Waals surface area contributed by atoms with Crippen molar-refractivity contribution in [1.82, 2.24) is 0 Å². The molecule has 1 aromatic carbocycles. The van der Waals surface area contributed by atoms with Gasteiger partial charge >= 0.3 is 5.97 Å². The molecule has 2 saturated heterocycles. The smallest absolute Gasteiger partial charge is 0.304 e. The van der Waals surface area contributed by atoms with E-state index in [4.69, 9.17) is 29.2 Å². The molecule has 0 saturated carbocycles. The lowest BCUT2D eigenvalue weighted by atomic mass is 9.85. The minimum atomic E-state index is -1.11. The first-order chi connectivity index (χ1) is 16.3. The van der Waals surface area contributed by atoms with Crippen LogP contribution in [0.2, 0.25) is 0 Å². The van der Waals surface area contributed by atoms with Crippen LogP contribution >= 0.6 is 0 Å². The van der Waals surface area contributed by atoms with E-state index in [0.717, 1.165) is 5.56 Å². The summed E-state index contributed by atoms with van der Waals surface area (Å²) in [4.78, 5) is 14.4. The first-order valence-electron chi connectivity index (χ1n) is 11.7. The Bertz CT molecular complexity index is 850. The summed E-state index contributed by atoms with van der Waals surface area (Å²) in [5.74, 6) is -0.973. The van der Waals surface area contributed by atoms with Crippen LogP contribution in [-0.4, -0.2) is 60.7 Å². The summed E-state index contributed by atoms with van der Waals surface area (Å²) in [6.07, 6.45) is -3.44. The van der Waals surface area contributed by atoms with Crippen LogP contribution in [0, 0.1) is 17.8 Å². The molecule has 10 heteroatoms. The van der Waals surface area contributed by atoms with Gasteiger partial charge in [0.25, 0.3) is 0 Å². The standard InChI is InChI=1S/C24H35N3O7/c1-13-16(4)31-23(15(3)21(13)30-12-18-9-7-6-8-10-18)34-22-14(2)20(26-27-25)24(32-17(5)29)33-19(22)11-28/h6-10,13-16,19-24,28H,11-12H2,1-5H3/t13-,14-,15?,16?,19?,20?,21-,22+,23+,24-/m1/s1.